The zero-order valence-corrected chi connectivity index (χ0v) is 38.6. The van der Waals surface area contributed by atoms with Crippen LogP contribution in [0.3, 0.4) is 0 Å². The number of rotatable bonds is 10. The minimum absolute atomic E-state index is 0.00965. The van der Waals surface area contributed by atoms with Crippen molar-refractivity contribution in [1.29, 1.82) is 0 Å². The van der Waals surface area contributed by atoms with E-state index >= 15 is 0 Å². The van der Waals surface area contributed by atoms with Crippen molar-refractivity contribution in [2.45, 2.75) is 53.2 Å². The molecule has 7 heteroatoms. The predicted octanol–water partition coefficient (Wildman–Crippen LogP) is 17.4. The van der Waals surface area contributed by atoms with Crippen molar-refractivity contribution in [3.05, 3.63) is 216 Å². The fourth-order valence-electron chi connectivity index (χ4n) is 9.96. The number of aryl methyl sites for hydroxylation is 2. The van der Waals surface area contributed by atoms with Crippen molar-refractivity contribution >= 4 is 44.6 Å². The summed E-state index contributed by atoms with van der Waals surface area (Å²) in [4.78, 5) is 9.09. The van der Waals surface area contributed by atoms with Gasteiger partial charge in [0.05, 0.1) is 22.4 Å². The zero-order valence-electron chi connectivity index (χ0n) is 44.6. The number of pyridine rings is 1. The molecule has 0 N–H and O–H groups in total. The molecule has 3 heterocycles. The largest absolute Gasteiger partial charge is 0.457 e. The van der Waals surface area contributed by atoms with Gasteiger partial charge in [0.1, 0.15) is 35.6 Å². The molecule has 5 nitrogen and oxygen atoms in total. The zero-order chi connectivity index (χ0) is 52.5. The lowest BCUT2D eigenvalue weighted by atomic mass is 9.87. The number of hydrogen-bond donors (Lipinski definition) is 0. The average molecular weight is 913 g/mol. The first-order chi connectivity index (χ1) is 35.9. The molecule has 69 heavy (non-hydrogen) atoms. The molecule has 340 valence electrons. The Bertz CT molecular complexity index is 3730. The second kappa shape index (κ2) is 17.6. The third-order valence-electron chi connectivity index (χ3n) is 13.1. The number of anilines is 4. The van der Waals surface area contributed by atoms with Crippen LogP contribution < -0.4 is 14.5 Å². The summed E-state index contributed by atoms with van der Waals surface area (Å²) >= 11 is 0. The first-order valence-corrected chi connectivity index (χ1v) is 23.2. The van der Waals surface area contributed by atoms with Crippen molar-refractivity contribution in [3.8, 4) is 50.7 Å². The van der Waals surface area contributed by atoms with Crippen molar-refractivity contribution in [2.75, 3.05) is 16.5 Å². The molecule has 0 saturated heterocycles. The average Bonchev–Trinajstić information content (AvgIpc) is 3.98. The molecule has 1 aliphatic rings. The highest BCUT2D eigenvalue weighted by molar-refractivity contribution is 6.09. The molecule has 0 radical (unpaired) electrons. The lowest BCUT2D eigenvalue weighted by Crippen LogP contribution is -2.26. The Hall–Kier alpha value is -8.03. The summed E-state index contributed by atoms with van der Waals surface area (Å²) in [5.74, 6) is 0.234. The first-order valence-electron chi connectivity index (χ1n) is 26.2. The maximum Gasteiger partial charge on any atom is 0.137 e. The summed E-state index contributed by atoms with van der Waals surface area (Å²) in [6.07, 6.45) is 1.76. The number of benzene rings is 8. The first kappa shape index (κ1) is 37.0. The molecule has 10 aromatic rings. The van der Waals surface area contributed by atoms with Crippen LogP contribution in [0.4, 0.5) is 31.5 Å². The molecule has 11 rings (SSSR count). The highest BCUT2D eigenvalue weighted by atomic mass is 19.1. The second-order valence-electron chi connectivity index (χ2n) is 18.3. The van der Waals surface area contributed by atoms with Gasteiger partial charge in [0.2, 0.25) is 0 Å². The minimum atomic E-state index is -2.73. The maximum atomic E-state index is 14.7. The number of hydrogen-bond acceptors (Lipinski definition) is 4. The Morgan fingerprint density at radius 1 is 0.522 bits per heavy atom. The van der Waals surface area contributed by atoms with Gasteiger partial charge >= 0.3 is 0 Å². The molecule has 0 saturated carbocycles. The standard InChI is InChI=1S/C62H52F2N4O/c1-38(2)54-32-45(44-28-47(63)34-48(64)29-44)33-55(39(3)4)62(54)67-37-66(57-20-12-13-21-58(57)67)49-30-46(61-40(5)26-43(27-41(61)6)42-16-8-7-9-17-42)31-51(35-49)69-50-23-24-53-52-18-10-11-19-56(52)68(59(53)36-50)60-22-14-15-25-65-60/h7-36,38-39H,37H2,1-6H3/i5D3,6D3. The Kier molecular flexibility index (Phi) is 9.42. The number of halogens is 2. The topological polar surface area (TPSA) is 33.5 Å². The quantitative estimate of drug-likeness (QED) is 0.137. The van der Waals surface area contributed by atoms with Crippen LogP contribution in [0.5, 0.6) is 11.5 Å². The third-order valence-corrected chi connectivity index (χ3v) is 13.1. The molecule has 0 bridgehead atoms. The molecule has 1 aliphatic heterocycles. The lowest BCUT2D eigenvalue weighted by Gasteiger charge is -2.30. The Morgan fingerprint density at radius 3 is 1.83 bits per heavy atom. The van der Waals surface area contributed by atoms with Crippen LogP contribution in [-0.2, 0) is 0 Å². The second-order valence-corrected chi connectivity index (χ2v) is 18.3. The number of nitrogens with zero attached hydrogens (tertiary/aromatic N) is 4. The van der Waals surface area contributed by atoms with Gasteiger partial charge in [-0.15, -0.1) is 0 Å². The number of fused-ring (bicyclic) bond motifs is 4. The highest BCUT2D eigenvalue weighted by Gasteiger charge is 2.33. The molecule has 0 aliphatic carbocycles. The fraction of sp³-hybridized carbons (Fsp3) is 0.145. The number of para-hydroxylation sites is 3. The summed E-state index contributed by atoms with van der Waals surface area (Å²) in [6.45, 7) is 3.24. The van der Waals surface area contributed by atoms with E-state index in [2.05, 4.69) is 60.3 Å². The SMILES string of the molecule is [2H]C([2H])([2H])c1cc(-c2ccccc2)cc(C([2H])([2H])[2H])c1-c1cc(Oc2ccc3c4ccccc4n(-c4ccccn4)c3c2)cc(N2CN(c3c(C(C)C)cc(-c4cc(F)cc(F)c4)cc3C(C)C)c3ccccc32)c1. The number of ether oxygens (including phenoxy) is 1. The third kappa shape index (κ3) is 7.97. The summed E-state index contributed by atoms with van der Waals surface area (Å²) < 4.78 is 92.3. The summed E-state index contributed by atoms with van der Waals surface area (Å²) in [5, 5.41) is 2.03. The normalized spacial score (nSPS) is 14.1. The van der Waals surface area contributed by atoms with E-state index in [-0.39, 0.29) is 35.2 Å². The highest BCUT2D eigenvalue weighted by Crippen LogP contribution is 2.51. The molecule has 2 aromatic heterocycles. The van der Waals surface area contributed by atoms with Gasteiger partial charge in [-0.1, -0.05) is 107 Å². The molecule has 8 aromatic carbocycles. The van der Waals surface area contributed by atoms with E-state index in [0.29, 0.717) is 45.0 Å². The molecular formula is C62H52F2N4O. The van der Waals surface area contributed by atoms with Crippen LogP contribution in [0.2, 0.25) is 0 Å². The van der Waals surface area contributed by atoms with Crippen LogP contribution in [0.1, 0.15) is 70.0 Å². The molecule has 0 amide bonds. The fourth-order valence-corrected chi connectivity index (χ4v) is 9.96. The Balaban J connectivity index is 1.12. The maximum absolute atomic E-state index is 14.7. The number of aromatic nitrogens is 2. The van der Waals surface area contributed by atoms with E-state index in [1.54, 1.807) is 24.4 Å². The smallest absolute Gasteiger partial charge is 0.137 e. The van der Waals surface area contributed by atoms with Crippen LogP contribution >= 0.6 is 0 Å². The molecular weight excluding hydrogens is 855 g/mol. The summed E-state index contributed by atoms with van der Waals surface area (Å²) in [7, 11) is 0. The lowest BCUT2D eigenvalue weighted by molar-refractivity contribution is 0.483. The van der Waals surface area contributed by atoms with Gasteiger partial charge in [0.15, 0.2) is 0 Å². The predicted molar refractivity (Wildman–Crippen MR) is 281 cm³/mol. The molecule has 0 spiro atoms. The van der Waals surface area contributed by atoms with Gasteiger partial charge in [0.25, 0.3) is 0 Å². The van der Waals surface area contributed by atoms with E-state index in [1.807, 2.05) is 121 Å². The van der Waals surface area contributed by atoms with Gasteiger partial charge < -0.3 is 14.5 Å². The van der Waals surface area contributed by atoms with E-state index in [4.69, 9.17) is 17.9 Å². The van der Waals surface area contributed by atoms with Crippen molar-refractivity contribution < 1.29 is 21.7 Å². The van der Waals surface area contributed by atoms with E-state index in [0.717, 1.165) is 61.9 Å². The van der Waals surface area contributed by atoms with E-state index in [1.165, 1.54) is 12.1 Å². The van der Waals surface area contributed by atoms with Gasteiger partial charge in [0, 0.05) is 54.8 Å². The minimum Gasteiger partial charge on any atom is -0.457 e. The summed E-state index contributed by atoms with van der Waals surface area (Å²) in [6, 6.07) is 53.3. The van der Waals surface area contributed by atoms with Crippen LogP contribution in [-0.4, -0.2) is 16.2 Å². The monoisotopic (exact) mass is 912 g/mol. The van der Waals surface area contributed by atoms with E-state index < -0.39 is 25.3 Å². The van der Waals surface area contributed by atoms with Crippen molar-refractivity contribution in [1.82, 2.24) is 9.55 Å². The van der Waals surface area contributed by atoms with Crippen LogP contribution in [0.15, 0.2) is 182 Å². The van der Waals surface area contributed by atoms with E-state index in [9.17, 15) is 8.78 Å². The van der Waals surface area contributed by atoms with Gasteiger partial charge in [-0.05, 0) is 160 Å². The van der Waals surface area contributed by atoms with Gasteiger partial charge in [-0.25, -0.2) is 13.8 Å². The van der Waals surface area contributed by atoms with Crippen LogP contribution in [0, 0.1) is 25.3 Å². The van der Waals surface area contributed by atoms with Crippen LogP contribution in [0.25, 0.3) is 61.0 Å². The molecule has 0 fully saturated rings. The molecule has 0 atom stereocenters. The van der Waals surface area contributed by atoms with Gasteiger partial charge in [-0.2, -0.15) is 0 Å². The van der Waals surface area contributed by atoms with Gasteiger partial charge in [-0.3, -0.25) is 4.57 Å². The Labute approximate surface area is 411 Å². The van der Waals surface area contributed by atoms with Crippen molar-refractivity contribution in [3.63, 3.8) is 0 Å². The van der Waals surface area contributed by atoms with Crippen molar-refractivity contribution in [2.24, 2.45) is 0 Å². The molecule has 0 unspecified atom stereocenters. The Morgan fingerprint density at radius 2 is 1.14 bits per heavy atom. The summed E-state index contributed by atoms with van der Waals surface area (Å²) in [5.41, 5.74) is 9.61.